The summed E-state index contributed by atoms with van der Waals surface area (Å²) in [5.74, 6) is 2.20. The average molecular weight is 495 g/mol. The maximum absolute atomic E-state index is 7.29. The van der Waals surface area contributed by atoms with Crippen molar-refractivity contribution in [3.63, 3.8) is 0 Å². The fourth-order valence-corrected chi connectivity index (χ4v) is 6.28. The molecule has 1 aliphatic heterocycles. The van der Waals surface area contributed by atoms with E-state index in [-0.39, 0.29) is 0 Å². The van der Waals surface area contributed by atoms with E-state index in [2.05, 4.69) is 48.6 Å². The van der Waals surface area contributed by atoms with Gasteiger partial charge in [0.1, 0.15) is 17.1 Å². The molecule has 3 N–H and O–H groups in total. The molecule has 5 aromatic heterocycles. The molecule has 3 unspecified atom stereocenters. The van der Waals surface area contributed by atoms with E-state index in [1.165, 1.54) is 0 Å². The number of hydrogen-bond donors (Lipinski definition) is 3. The highest BCUT2D eigenvalue weighted by Gasteiger charge is 2.68. The molecule has 1 fully saturated rings. The molecule has 0 radical (unpaired) electrons. The van der Waals surface area contributed by atoms with Crippen LogP contribution in [0.5, 0.6) is 0 Å². The van der Waals surface area contributed by atoms with E-state index in [1.807, 2.05) is 67.0 Å². The van der Waals surface area contributed by atoms with Crippen molar-refractivity contribution >= 4 is 17.2 Å². The Morgan fingerprint density at radius 3 is 2.50 bits per heavy atom. The summed E-state index contributed by atoms with van der Waals surface area (Å²) >= 11 is 1.61. The van der Waals surface area contributed by atoms with E-state index in [9.17, 15) is 0 Å². The summed E-state index contributed by atoms with van der Waals surface area (Å²) in [4.78, 5) is 14.8. The molecule has 178 valence electrons. The van der Waals surface area contributed by atoms with E-state index in [0.717, 1.165) is 22.0 Å². The highest BCUT2D eigenvalue weighted by molar-refractivity contribution is 7.10. The van der Waals surface area contributed by atoms with Crippen molar-refractivity contribution in [2.75, 3.05) is 4.90 Å². The second-order valence-electron chi connectivity index (χ2n) is 8.57. The normalized spacial score (nSPS) is 23.9. The summed E-state index contributed by atoms with van der Waals surface area (Å²) in [7, 11) is 0. The quantitative estimate of drug-likeness (QED) is 0.282. The molecule has 7 rings (SSSR count). The minimum absolute atomic E-state index is 0.578. The third-order valence-electron chi connectivity index (χ3n) is 6.76. The molecular formula is C27H22N6O2S. The standard InChI is InChI=1S/C27H22N6O2S/c1-2-7-19(8-3-1)26(21-12-14-31-32-21)24(20-9-5-17-34-20)35-27(22-10-6-18-36-22,25-29-15-16-30-25)33(26)23-11-4-13-28-23/h1-18,24,28H,(H,29,30)(H,31,32). The average Bonchev–Trinajstić information content (AvgIpc) is 3.74. The Balaban J connectivity index is 1.66. The number of aromatic nitrogens is 5. The maximum atomic E-state index is 7.29. The molecule has 3 atom stereocenters. The van der Waals surface area contributed by atoms with Gasteiger partial charge in [-0.3, -0.25) is 5.10 Å². The van der Waals surface area contributed by atoms with E-state index < -0.39 is 17.4 Å². The minimum atomic E-state index is -1.12. The van der Waals surface area contributed by atoms with Gasteiger partial charge in [-0.05, 0) is 47.3 Å². The van der Waals surface area contributed by atoms with Gasteiger partial charge in [-0.2, -0.15) is 5.10 Å². The monoisotopic (exact) mass is 494 g/mol. The van der Waals surface area contributed by atoms with Gasteiger partial charge in [0.05, 0.1) is 16.8 Å². The van der Waals surface area contributed by atoms with Crippen molar-refractivity contribution in [2.24, 2.45) is 0 Å². The number of nitrogens with zero attached hydrogens (tertiary/aromatic N) is 3. The predicted molar refractivity (Wildman–Crippen MR) is 135 cm³/mol. The van der Waals surface area contributed by atoms with Crippen LogP contribution in [0.1, 0.15) is 33.8 Å². The maximum Gasteiger partial charge on any atom is 0.239 e. The van der Waals surface area contributed by atoms with Crippen LogP contribution in [0.2, 0.25) is 0 Å². The van der Waals surface area contributed by atoms with Gasteiger partial charge in [-0.1, -0.05) is 36.4 Å². The number of ether oxygens (including phenoxy) is 1. The molecule has 1 aliphatic rings. The zero-order chi connectivity index (χ0) is 24.0. The summed E-state index contributed by atoms with van der Waals surface area (Å²) in [5.41, 5.74) is -0.178. The first-order valence-corrected chi connectivity index (χ1v) is 12.5. The molecule has 1 aromatic carbocycles. The molecule has 0 amide bonds. The number of furan rings is 1. The summed E-state index contributed by atoms with van der Waals surface area (Å²) in [6, 6.07) is 24.3. The van der Waals surface area contributed by atoms with Gasteiger partial charge in [0.15, 0.2) is 11.9 Å². The SMILES string of the molecule is c1ccc(C2(c3ccn[nH]3)C(c3ccco3)OC(c3ncc[nH]3)(c3cccs3)N2c2ccc[nH]2)cc1. The molecule has 6 aromatic rings. The predicted octanol–water partition coefficient (Wildman–Crippen LogP) is 5.54. The van der Waals surface area contributed by atoms with Crippen molar-refractivity contribution in [3.8, 4) is 0 Å². The molecule has 0 bridgehead atoms. The van der Waals surface area contributed by atoms with Gasteiger partial charge in [0.25, 0.3) is 0 Å². The number of H-pyrrole nitrogens is 3. The lowest BCUT2D eigenvalue weighted by Gasteiger charge is -2.44. The molecule has 0 aliphatic carbocycles. The Labute approximate surface area is 210 Å². The molecule has 8 nitrogen and oxygen atoms in total. The summed E-state index contributed by atoms with van der Waals surface area (Å²) in [6.45, 7) is 0. The van der Waals surface area contributed by atoms with E-state index in [0.29, 0.717) is 11.6 Å². The third-order valence-corrected chi connectivity index (χ3v) is 7.72. The number of imidazole rings is 1. The van der Waals surface area contributed by atoms with Crippen molar-refractivity contribution in [1.82, 2.24) is 25.1 Å². The van der Waals surface area contributed by atoms with Crippen LogP contribution in [0.3, 0.4) is 0 Å². The highest BCUT2D eigenvalue weighted by Crippen LogP contribution is 2.63. The van der Waals surface area contributed by atoms with Gasteiger partial charge >= 0.3 is 0 Å². The second kappa shape index (κ2) is 8.11. The number of benzene rings is 1. The van der Waals surface area contributed by atoms with Crippen LogP contribution in [-0.2, 0) is 16.0 Å². The summed E-state index contributed by atoms with van der Waals surface area (Å²) < 4.78 is 13.4. The first kappa shape index (κ1) is 21.0. The lowest BCUT2D eigenvalue weighted by molar-refractivity contribution is -0.0360. The van der Waals surface area contributed by atoms with Crippen molar-refractivity contribution in [3.05, 3.63) is 137 Å². The lowest BCUT2D eigenvalue weighted by Crippen LogP contribution is -2.54. The first-order valence-electron chi connectivity index (χ1n) is 11.6. The lowest BCUT2D eigenvalue weighted by atomic mass is 9.78. The Hall–Kier alpha value is -4.34. The largest absolute Gasteiger partial charge is 0.466 e. The number of rotatable bonds is 6. The van der Waals surface area contributed by atoms with E-state index in [1.54, 1.807) is 30.0 Å². The van der Waals surface area contributed by atoms with Gasteiger partial charge in [-0.25, -0.2) is 4.98 Å². The molecule has 9 heteroatoms. The Morgan fingerprint density at radius 1 is 0.889 bits per heavy atom. The molecular weight excluding hydrogens is 472 g/mol. The van der Waals surface area contributed by atoms with Gasteiger partial charge in [-0.15, -0.1) is 11.3 Å². The Bertz CT molecular complexity index is 1480. The van der Waals surface area contributed by atoms with Crippen molar-refractivity contribution < 1.29 is 9.15 Å². The third kappa shape index (κ3) is 2.78. The Kier molecular flexibility index (Phi) is 4.73. The van der Waals surface area contributed by atoms with Crippen LogP contribution in [0.15, 0.2) is 114 Å². The number of thiophene rings is 1. The number of anilines is 1. The number of aromatic amines is 3. The number of nitrogens with one attached hydrogen (secondary N) is 3. The zero-order valence-electron chi connectivity index (χ0n) is 19.0. The molecule has 0 spiro atoms. The molecule has 0 saturated carbocycles. The number of hydrogen-bond acceptors (Lipinski definition) is 6. The van der Waals surface area contributed by atoms with Gasteiger partial charge in [0, 0.05) is 24.8 Å². The highest BCUT2D eigenvalue weighted by atomic mass is 32.1. The topological polar surface area (TPSA) is 98.8 Å². The summed E-state index contributed by atoms with van der Waals surface area (Å²) in [6.07, 6.45) is 8.36. The van der Waals surface area contributed by atoms with Crippen LogP contribution >= 0.6 is 11.3 Å². The first-order chi connectivity index (χ1) is 17.8. The van der Waals surface area contributed by atoms with Gasteiger partial charge < -0.3 is 24.0 Å². The smallest absolute Gasteiger partial charge is 0.239 e. The molecule has 36 heavy (non-hydrogen) atoms. The fourth-order valence-electron chi connectivity index (χ4n) is 5.42. The zero-order valence-corrected chi connectivity index (χ0v) is 19.9. The second-order valence-corrected chi connectivity index (χ2v) is 9.51. The Morgan fingerprint density at radius 2 is 1.83 bits per heavy atom. The van der Waals surface area contributed by atoms with Crippen LogP contribution in [0.4, 0.5) is 5.82 Å². The van der Waals surface area contributed by atoms with Gasteiger partial charge in [0.2, 0.25) is 5.72 Å². The minimum Gasteiger partial charge on any atom is -0.466 e. The van der Waals surface area contributed by atoms with Crippen LogP contribution in [0, 0.1) is 0 Å². The van der Waals surface area contributed by atoms with E-state index in [4.69, 9.17) is 14.1 Å². The van der Waals surface area contributed by atoms with Crippen LogP contribution in [-0.4, -0.2) is 25.1 Å². The van der Waals surface area contributed by atoms with Crippen molar-refractivity contribution in [2.45, 2.75) is 17.4 Å². The van der Waals surface area contributed by atoms with Crippen LogP contribution < -0.4 is 4.90 Å². The fraction of sp³-hybridized carbons (Fsp3) is 0.111. The summed E-state index contributed by atoms with van der Waals surface area (Å²) in [5, 5.41) is 9.70. The molecule has 1 saturated heterocycles. The van der Waals surface area contributed by atoms with Crippen LogP contribution in [0.25, 0.3) is 0 Å². The van der Waals surface area contributed by atoms with Crippen molar-refractivity contribution in [1.29, 1.82) is 0 Å². The van der Waals surface area contributed by atoms with E-state index >= 15 is 0 Å². The molecule has 6 heterocycles.